The summed E-state index contributed by atoms with van der Waals surface area (Å²) in [7, 11) is 1.84. The summed E-state index contributed by atoms with van der Waals surface area (Å²) >= 11 is 0. The summed E-state index contributed by atoms with van der Waals surface area (Å²) in [5, 5.41) is 11.3. The molecule has 0 heterocycles. The van der Waals surface area contributed by atoms with Gasteiger partial charge in [-0.3, -0.25) is 0 Å². The molecule has 0 amide bonds. The van der Waals surface area contributed by atoms with Crippen LogP contribution >= 0.6 is 0 Å². The molecule has 0 saturated heterocycles. The van der Waals surface area contributed by atoms with E-state index in [4.69, 9.17) is 5.39 Å². The van der Waals surface area contributed by atoms with E-state index in [-0.39, 0.29) is 31.9 Å². The number of halogens is 1. The van der Waals surface area contributed by atoms with Crippen molar-refractivity contribution in [3.05, 3.63) is 29.2 Å². The number of nitrogens with one attached hydrogen (secondary N) is 1. The molecule has 0 spiro atoms. The largest absolute Gasteiger partial charge is 1.00 e. The minimum absolute atomic E-state index is 0. The third kappa shape index (κ3) is 3.66. The Morgan fingerprint density at radius 3 is 2.08 bits per heavy atom. The van der Waals surface area contributed by atoms with Crippen LogP contribution in [0.2, 0.25) is 0 Å². The van der Waals surface area contributed by atoms with Gasteiger partial charge in [0.1, 0.15) is 0 Å². The molecule has 1 aromatic carbocycles. The number of diazo groups is 1. The number of benzene rings is 1. The summed E-state index contributed by atoms with van der Waals surface area (Å²) in [5.41, 5.74) is 1.58. The van der Waals surface area contributed by atoms with E-state index in [1.807, 2.05) is 19.2 Å². The topological polar surface area (TPSA) is 40.2 Å². The molecule has 0 saturated carbocycles. The van der Waals surface area contributed by atoms with Crippen LogP contribution in [0.1, 0.15) is 0 Å². The van der Waals surface area contributed by atoms with Crippen LogP contribution in [0.5, 0.6) is 0 Å². The first kappa shape index (κ1) is 13.9. The number of hydrogen-bond acceptors (Lipinski definition) is 2. The molecular formula is C7H8ClN3Zn. The van der Waals surface area contributed by atoms with Gasteiger partial charge in [-0.15, -0.1) is 0 Å². The molecule has 0 radical (unpaired) electrons. The zero-order valence-corrected chi connectivity index (χ0v) is 10.5. The standard InChI is InChI=1S/C7H8N3.ClH.Zn/c1-9-6-2-4-7(10-8)5-3-6;;/h2-5,9H,1H3;1H;/q+1;;/p-1. The third-order valence-corrected chi connectivity index (χ3v) is 1.27. The molecule has 0 aromatic heterocycles. The number of hydrogen-bond donors (Lipinski definition) is 1. The second-order valence-electron chi connectivity index (χ2n) is 1.90. The molecule has 12 heavy (non-hydrogen) atoms. The van der Waals surface area contributed by atoms with Crippen LogP contribution in [0.4, 0.5) is 11.4 Å². The van der Waals surface area contributed by atoms with Crippen molar-refractivity contribution in [3.63, 3.8) is 0 Å². The van der Waals surface area contributed by atoms with E-state index >= 15 is 0 Å². The van der Waals surface area contributed by atoms with Gasteiger partial charge in [-0.05, 0) is 12.1 Å². The fraction of sp³-hybridized carbons (Fsp3) is 0.143. The average molecular weight is 235 g/mol. The van der Waals surface area contributed by atoms with Crippen molar-refractivity contribution in [1.82, 2.24) is 0 Å². The monoisotopic (exact) mass is 233 g/mol. The Bertz CT molecular complexity index is 254. The van der Waals surface area contributed by atoms with Crippen LogP contribution < -0.4 is 17.7 Å². The van der Waals surface area contributed by atoms with Crippen LogP contribution in [0.3, 0.4) is 0 Å². The molecule has 1 rings (SSSR count). The van der Waals surface area contributed by atoms with Gasteiger partial charge < -0.3 is 17.7 Å². The minimum atomic E-state index is 0. The summed E-state index contributed by atoms with van der Waals surface area (Å²) in [5.74, 6) is 0. The Balaban J connectivity index is 0. The molecule has 0 bridgehead atoms. The van der Waals surface area contributed by atoms with Crippen LogP contribution in [-0.4, -0.2) is 7.05 Å². The number of anilines is 1. The molecule has 0 aliphatic carbocycles. The van der Waals surface area contributed by atoms with Crippen LogP contribution in [0.25, 0.3) is 4.98 Å². The van der Waals surface area contributed by atoms with E-state index in [2.05, 4.69) is 10.3 Å². The van der Waals surface area contributed by atoms with Gasteiger partial charge in [0.2, 0.25) is 5.39 Å². The maximum absolute atomic E-state index is 8.31. The molecule has 0 aliphatic heterocycles. The summed E-state index contributed by atoms with van der Waals surface area (Å²) < 4.78 is 0. The number of rotatable bonds is 1. The van der Waals surface area contributed by atoms with Crippen LogP contribution in [0, 0.1) is 5.39 Å². The van der Waals surface area contributed by atoms with E-state index in [0.717, 1.165) is 5.69 Å². The summed E-state index contributed by atoms with van der Waals surface area (Å²) in [6.45, 7) is 0. The third-order valence-electron chi connectivity index (χ3n) is 1.27. The van der Waals surface area contributed by atoms with Gasteiger partial charge in [0.15, 0.2) is 4.98 Å². The maximum Gasteiger partial charge on any atom is 0.385 e. The molecule has 5 heteroatoms. The van der Waals surface area contributed by atoms with E-state index < -0.39 is 0 Å². The molecule has 1 N–H and O–H groups in total. The fourth-order valence-corrected chi connectivity index (χ4v) is 0.695. The van der Waals surface area contributed by atoms with Crippen molar-refractivity contribution in [2.75, 3.05) is 12.4 Å². The Morgan fingerprint density at radius 1 is 1.25 bits per heavy atom. The van der Waals surface area contributed by atoms with Gasteiger partial charge in [0.25, 0.3) is 0 Å². The Labute approximate surface area is 90.3 Å². The van der Waals surface area contributed by atoms with E-state index in [9.17, 15) is 0 Å². The van der Waals surface area contributed by atoms with Crippen molar-refractivity contribution >= 4 is 11.4 Å². The smallest absolute Gasteiger partial charge is 0.385 e. The van der Waals surface area contributed by atoms with Crippen LogP contribution in [0.15, 0.2) is 24.3 Å². The quantitative estimate of drug-likeness (QED) is 0.512. The predicted octanol–water partition coefficient (Wildman–Crippen LogP) is -0.786. The second-order valence-corrected chi connectivity index (χ2v) is 1.90. The molecule has 0 atom stereocenters. The first-order chi connectivity index (χ1) is 4.86. The molecular weight excluding hydrogens is 227 g/mol. The molecule has 1 aromatic rings. The van der Waals surface area contributed by atoms with Gasteiger partial charge in [-0.1, -0.05) is 0 Å². The zero-order chi connectivity index (χ0) is 7.40. The summed E-state index contributed by atoms with van der Waals surface area (Å²) in [6, 6.07) is 7.14. The predicted molar refractivity (Wildman–Crippen MR) is 40.7 cm³/mol. The fourth-order valence-electron chi connectivity index (χ4n) is 0.695. The Morgan fingerprint density at radius 2 is 1.75 bits per heavy atom. The van der Waals surface area contributed by atoms with E-state index in [1.54, 1.807) is 12.1 Å². The van der Waals surface area contributed by atoms with E-state index in [1.165, 1.54) is 0 Å². The first-order valence-corrected chi connectivity index (χ1v) is 2.99. The van der Waals surface area contributed by atoms with Gasteiger partial charge in [-0.2, -0.15) is 0 Å². The molecule has 0 aliphatic rings. The van der Waals surface area contributed by atoms with Gasteiger partial charge in [-0.25, -0.2) is 0 Å². The number of nitrogens with zero attached hydrogens (tertiary/aromatic N) is 2. The second kappa shape index (κ2) is 7.03. The van der Waals surface area contributed by atoms with Crippen molar-refractivity contribution in [3.8, 4) is 0 Å². The maximum atomic E-state index is 8.31. The molecule has 3 nitrogen and oxygen atoms in total. The van der Waals surface area contributed by atoms with Gasteiger partial charge >= 0.3 is 5.69 Å². The summed E-state index contributed by atoms with van der Waals surface area (Å²) in [4.78, 5) is 3.02. The first-order valence-electron chi connectivity index (χ1n) is 2.99. The normalized spacial score (nSPS) is 7.00. The zero-order valence-electron chi connectivity index (χ0n) is 6.79. The Hall–Kier alpha value is -0.647. The Kier molecular flexibility index (Phi) is 8.15. The average Bonchev–Trinajstić information content (AvgIpc) is 2.05. The van der Waals surface area contributed by atoms with E-state index in [0.29, 0.717) is 5.69 Å². The van der Waals surface area contributed by atoms with Crippen molar-refractivity contribution < 1.29 is 31.9 Å². The van der Waals surface area contributed by atoms with Crippen molar-refractivity contribution in [2.24, 2.45) is 0 Å². The summed E-state index contributed by atoms with van der Waals surface area (Å²) in [6.07, 6.45) is 0. The van der Waals surface area contributed by atoms with Gasteiger partial charge in [0.05, 0.1) is 0 Å². The molecule has 0 fully saturated rings. The van der Waals surface area contributed by atoms with Gasteiger partial charge in [0, 0.05) is 44.3 Å². The van der Waals surface area contributed by atoms with Crippen molar-refractivity contribution in [1.29, 1.82) is 5.39 Å². The van der Waals surface area contributed by atoms with Crippen LogP contribution in [-0.2, 0) is 19.5 Å². The molecule has 0 unspecified atom stereocenters. The minimum Gasteiger partial charge on any atom is -1.00 e. The molecule has 60 valence electrons. The SMILES string of the molecule is CNc1ccc([N+]#N)cc1.[Cl-].[Zn]. The van der Waals surface area contributed by atoms with Crippen molar-refractivity contribution in [2.45, 2.75) is 0 Å².